The standard InChI is InChI=1S/C15H13F3N2O2/c16-15(17,18)11-3-5-12(6-4-11)19-14(22)7-9-20-8-1-2-13(20)10-21/h1-6,8,10H,7,9H2,(H,19,22). The summed E-state index contributed by atoms with van der Waals surface area (Å²) >= 11 is 0. The average molecular weight is 310 g/mol. The average Bonchev–Trinajstić information content (AvgIpc) is 2.92. The van der Waals surface area contributed by atoms with Crippen LogP contribution in [0.2, 0.25) is 0 Å². The van der Waals surface area contributed by atoms with E-state index in [0.717, 1.165) is 12.1 Å². The maximum Gasteiger partial charge on any atom is 0.416 e. The van der Waals surface area contributed by atoms with E-state index in [1.165, 1.54) is 12.1 Å². The summed E-state index contributed by atoms with van der Waals surface area (Å²) in [5.41, 5.74) is -0.0167. The summed E-state index contributed by atoms with van der Waals surface area (Å²) in [7, 11) is 0. The largest absolute Gasteiger partial charge is 0.416 e. The molecule has 0 saturated heterocycles. The Hall–Kier alpha value is -2.57. The van der Waals surface area contributed by atoms with Gasteiger partial charge in [-0.3, -0.25) is 9.59 Å². The lowest BCUT2D eigenvalue weighted by molar-refractivity contribution is -0.137. The summed E-state index contributed by atoms with van der Waals surface area (Å²) in [6, 6.07) is 7.54. The molecule has 116 valence electrons. The van der Waals surface area contributed by atoms with E-state index < -0.39 is 11.7 Å². The Balaban J connectivity index is 1.91. The molecule has 0 radical (unpaired) electrons. The molecule has 0 aliphatic carbocycles. The number of halogens is 3. The third-order valence-corrected chi connectivity index (χ3v) is 3.06. The van der Waals surface area contributed by atoms with Gasteiger partial charge in [0.05, 0.1) is 11.3 Å². The van der Waals surface area contributed by atoms with Gasteiger partial charge < -0.3 is 9.88 Å². The molecule has 0 aliphatic heterocycles. The fourth-order valence-corrected chi connectivity index (χ4v) is 1.93. The van der Waals surface area contributed by atoms with Gasteiger partial charge in [-0.05, 0) is 36.4 Å². The molecule has 1 N–H and O–H groups in total. The summed E-state index contributed by atoms with van der Waals surface area (Å²) in [5, 5.41) is 2.51. The van der Waals surface area contributed by atoms with E-state index in [1.807, 2.05) is 0 Å². The number of nitrogens with one attached hydrogen (secondary N) is 1. The number of nitrogens with zero attached hydrogens (tertiary/aromatic N) is 1. The zero-order chi connectivity index (χ0) is 16.2. The highest BCUT2D eigenvalue weighted by Crippen LogP contribution is 2.29. The maximum absolute atomic E-state index is 12.4. The van der Waals surface area contributed by atoms with Crippen LogP contribution >= 0.6 is 0 Å². The third-order valence-electron chi connectivity index (χ3n) is 3.06. The lowest BCUT2D eigenvalue weighted by Gasteiger charge is -2.09. The Morgan fingerprint density at radius 3 is 2.45 bits per heavy atom. The number of hydrogen-bond acceptors (Lipinski definition) is 2. The Morgan fingerprint density at radius 2 is 1.86 bits per heavy atom. The van der Waals surface area contributed by atoms with Crippen LogP contribution in [0.3, 0.4) is 0 Å². The van der Waals surface area contributed by atoms with Crippen molar-refractivity contribution in [3.63, 3.8) is 0 Å². The number of carbonyl (C=O) groups excluding carboxylic acids is 2. The van der Waals surface area contributed by atoms with Gasteiger partial charge in [0.15, 0.2) is 6.29 Å². The molecule has 0 atom stereocenters. The van der Waals surface area contributed by atoms with E-state index in [-0.39, 0.29) is 12.3 Å². The van der Waals surface area contributed by atoms with Crippen molar-refractivity contribution in [2.24, 2.45) is 0 Å². The molecule has 1 amide bonds. The molecule has 22 heavy (non-hydrogen) atoms. The highest BCUT2D eigenvalue weighted by Gasteiger charge is 2.29. The third kappa shape index (κ3) is 3.97. The summed E-state index contributed by atoms with van der Waals surface area (Å²) in [5.74, 6) is -0.342. The number of carbonyl (C=O) groups is 2. The van der Waals surface area contributed by atoms with Crippen LogP contribution in [0.1, 0.15) is 22.5 Å². The van der Waals surface area contributed by atoms with Crippen molar-refractivity contribution in [1.29, 1.82) is 0 Å². The monoisotopic (exact) mass is 310 g/mol. The molecule has 2 rings (SSSR count). The number of alkyl halides is 3. The summed E-state index contributed by atoms with van der Waals surface area (Å²) in [6.45, 7) is 0.313. The molecular weight excluding hydrogens is 297 g/mol. The second-order valence-electron chi connectivity index (χ2n) is 4.62. The van der Waals surface area contributed by atoms with Crippen LogP contribution in [0.15, 0.2) is 42.6 Å². The second kappa shape index (κ2) is 6.46. The zero-order valence-electron chi connectivity index (χ0n) is 11.4. The normalized spacial score (nSPS) is 11.2. The van der Waals surface area contributed by atoms with Gasteiger partial charge in [0.25, 0.3) is 0 Å². The molecule has 0 unspecified atom stereocenters. The molecular formula is C15H13F3N2O2. The lowest BCUT2D eigenvalue weighted by Crippen LogP contribution is -2.15. The van der Waals surface area contributed by atoms with Gasteiger partial charge in [0.1, 0.15) is 0 Å². The topological polar surface area (TPSA) is 51.1 Å². The molecule has 0 aliphatic rings. The first-order chi connectivity index (χ1) is 10.4. The van der Waals surface area contributed by atoms with Crippen LogP contribution in [0.5, 0.6) is 0 Å². The van der Waals surface area contributed by atoms with E-state index in [2.05, 4.69) is 5.32 Å². The van der Waals surface area contributed by atoms with Gasteiger partial charge in [0, 0.05) is 24.8 Å². The molecule has 0 saturated carbocycles. The predicted octanol–water partition coefficient (Wildman–Crippen LogP) is 3.35. The predicted molar refractivity (Wildman–Crippen MR) is 74.5 cm³/mol. The molecule has 0 fully saturated rings. The first-order valence-corrected chi connectivity index (χ1v) is 6.47. The smallest absolute Gasteiger partial charge is 0.345 e. The van der Waals surface area contributed by atoms with Crippen molar-refractivity contribution in [2.45, 2.75) is 19.1 Å². The van der Waals surface area contributed by atoms with Crippen molar-refractivity contribution in [1.82, 2.24) is 4.57 Å². The minimum atomic E-state index is -4.40. The number of anilines is 1. The Labute approximate surface area is 124 Å². The fourth-order valence-electron chi connectivity index (χ4n) is 1.93. The summed E-state index contributed by atoms with van der Waals surface area (Å²) in [6.07, 6.45) is -1.93. The van der Waals surface area contributed by atoms with Crippen LogP contribution in [-0.2, 0) is 17.5 Å². The molecule has 0 spiro atoms. The second-order valence-corrected chi connectivity index (χ2v) is 4.62. The van der Waals surface area contributed by atoms with E-state index >= 15 is 0 Å². The first kappa shape index (κ1) is 15.8. The molecule has 2 aromatic rings. The van der Waals surface area contributed by atoms with E-state index in [1.54, 1.807) is 22.9 Å². The number of aromatic nitrogens is 1. The number of benzene rings is 1. The van der Waals surface area contributed by atoms with Gasteiger partial charge in [-0.1, -0.05) is 0 Å². The van der Waals surface area contributed by atoms with Gasteiger partial charge in [-0.15, -0.1) is 0 Å². The van der Waals surface area contributed by atoms with Gasteiger partial charge in [-0.25, -0.2) is 0 Å². The van der Waals surface area contributed by atoms with Crippen molar-refractivity contribution in [3.05, 3.63) is 53.9 Å². The van der Waals surface area contributed by atoms with Crippen molar-refractivity contribution in [3.8, 4) is 0 Å². The number of amides is 1. The number of aldehydes is 1. The van der Waals surface area contributed by atoms with E-state index in [4.69, 9.17) is 0 Å². The highest BCUT2D eigenvalue weighted by molar-refractivity contribution is 5.90. The summed E-state index contributed by atoms with van der Waals surface area (Å²) < 4.78 is 38.9. The van der Waals surface area contributed by atoms with Gasteiger partial charge in [0.2, 0.25) is 5.91 Å². The van der Waals surface area contributed by atoms with E-state index in [9.17, 15) is 22.8 Å². The molecule has 1 heterocycles. The van der Waals surface area contributed by atoms with E-state index in [0.29, 0.717) is 24.2 Å². The van der Waals surface area contributed by atoms with Crippen LogP contribution in [0.4, 0.5) is 18.9 Å². The minimum Gasteiger partial charge on any atom is -0.345 e. The van der Waals surface area contributed by atoms with Gasteiger partial charge >= 0.3 is 6.18 Å². The molecule has 4 nitrogen and oxygen atoms in total. The SMILES string of the molecule is O=Cc1cccn1CCC(=O)Nc1ccc(C(F)(F)F)cc1. The quantitative estimate of drug-likeness (QED) is 0.861. The number of rotatable bonds is 5. The maximum atomic E-state index is 12.4. The van der Waals surface area contributed by atoms with Crippen LogP contribution in [0, 0.1) is 0 Å². The molecule has 1 aromatic carbocycles. The Bertz CT molecular complexity index is 660. The molecule has 0 bridgehead atoms. The van der Waals surface area contributed by atoms with Crippen LogP contribution < -0.4 is 5.32 Å². The highest BCUT2D eigenvalue weighted by atomic mass is 19.4. The number of aryl methyl sites for hydroxylation is 1. The van der Waals surface area contributed by atoms with Crippen molar-refractivity contribution < 1.29 is 22.8 Å². The van der Waals surface area contributed by atoms with Crippen LogP contribution in [0.25, 0.3) is 0 Å². The van der Waals surface area contributed by atoms with Gasteiger partial charge in [-0.2, -0.15) is 13.2 Å². The van der Waals surface area contributed by atoms with Crippen LogP contribution in [-0.4, -0.2) is 16.8 Å². The van der Waals surface area contributed by atoms with Crippen molar-refractivity contribution >= 4 is 17.9 Å². The summed E-state index contributed by atoms with van der Waals surface area (Å²) in [4.78, 5) is 22.5. The Morgan fingerprint density at radius 1 is 1.18 bits per heavy atom. The lowest BCUT2D eigenvalue weighted by atomic mass is 10.2. The molecule has 1 aromatic heterocycles. The minimum absolute atomic E-state index is 0.108. The molecule has 7 heteroatoms. The number of hydrogen-bond donors (Lipinski definition) is 1. The first-order valence-electron chi connectivity index (χ1n) is 6.47. The zero-order valence-corrected chi connectivity index (χ0v) is 11.4. The van der Waals surface area contributed by atoms with Crippen molar-refractivity contribution in [2.75, 3.05) is 5.32 Å². The fraction of sp³-hybridized carbons (Fsp3) is 0.200. The Kier molecular flexibility index (Phi) is 4.65.